The third-order valence-electron chi connectivity index (χ3n) is 3.25. The van der Waals surface area contributed by atoms with Crippen molar-refractivity contribution < 1.29 is 9.50 Å². The van der Waals surface area contributed by atoms with E-state index in [2.05, 4.69) is 15.9 Å². The summed E-state index contributed by atoms with van der Waals surface area (Å²) < 4.78 is 13.9. The molecule has 0 heterocycles. The van der Waals surface area contributed by atoms with E-state index < -0.39 is 6.10 Å². The van der Waals surface area contributed by atoms with Crippen LogP contribution in [0.1, 0.15) is 28.4 Å². The van der Waals surface area contributed by atoms with Crippen LogP contribution in [-0.4, -0.2) is 5.11 Å². The fourth-order valence-electron chi connectivity index (χ4n) is 2.12. The van der Waals surface area contributed by atoms with Gasteiger partial charge in [0.1, 0.15) is 5.82 Å². The van der Waals surface area contributed by atoms with Gasteiger partial charge in [-0.15, -0.1) is 0 Å². The van der Waals surface area contributed by atoms with Crippen molar-refractivity contribution in [1.29, 1.82) is 0 Å². The van der Waals surface area contributed by atoms with Crippen LogP contribution in [0.4, 0.5) is 4.39 Å². The number of aliphatic hydroxyl groups is 1. The molecular formula is C16H16BrFO. The van der Waals surface area contributed by atoms with E-state index in [9.17, 15) is 9.50 Å². The highest BCUT2D eigenvalue weighted by atomic mass is 79.9. The first-order chi connectivity index (χ1) is 8.97. The van der Waals surface area contributed by atoms with Crippen molar-refractivity contribution in [3.05, 3.63) is 68.9 Å². The number of rotatable bonds is 3. The molecule has 1 nitrogen and oxygen atoms in total. The molecule has 0 fully saturated rings. The lowest BCUT2D eigenvalue weighted by Crippen LogP contribution is -2.04. The zero-order valence-electron chi connectivity index (χ0n) is 11.0. The average molecular weight is 323 g/mol. The summed E-state index contributed by atoms with van der Waals surface area (Å²) in [5.41, 5.74) is 3.99. The molecule has 0 aliphatic carbocycles. The topological polar surface area (TPSA) is 20.2 Å². The monoisotopic (exact) mass is 322 g/mol. The highest BCUT2D eigenvalue weighted by Crippen LogP contribution is 2.27. The summed E-state index contributed by atoms with van der Waals surface area (Å²) in [5, 5.41) is 10.3. The summed E-state index contributed by atoms with van der Waals surface area (Å²) in [7, 11) is 0. The van der Waals surface area contributed by atoms with Crippen LogP contribution in [0.25, 0.3) is 0 Å². The maximum absolute atomic E-state index is 12.8. The predicted molar refractivity (Wildman–Crippen MR) is 78.7 cm³/mol. The molecule has 100 valence electrons. The summed E-state index contributed by atoms with van der Waals surface area (Å²) in [6, 6.07) is 10.3. The van der Waals surface area contributed by atoms with E-state index in [1.165, 1.54) is 12.1 Å². The Morgan fingerprint density at radius 3 is 2.37 bits per heavy atom. The second kappa shape index (κ2) is 5.85. The van der Waals surface area contributed by atoms with Crippen molar-refractivity contribution in [2.75, 3.05) is 0 Å². The molecule has 0 aromatic heterocycles. The first kappa shape index (κ1) is 14.2. The minimum Gasteiger partial charge on any atom is -0.388 e. The first-order valence-electron chi connectivity index (χ1n) is 6.16. The molecule has 2 rings (SSSR count). The van der Waals surface area contributed by atoms with Crippen LogP contribution in [0.2, 0.25) is 0 Å². The van der Waals surface area contributed by atoms with E-state index in [4.69, 9.17) is 0 Å². The van der Waals surface area contributed by atoms with E-state index >= 15 is 0 Å². The Bertz CT molecular complexity index is 578. The Labute approximate surface area is 121 Å². The van der Waals surface area contributed by atoms with Crippen LogP contribution >= 0.6 is 15.9 Å². The van der Waals surface area contributed by atoms with Gasteiger partial charge >= 0.3 is 0 Å². The van der Waals surface area contributed by atoms with Gasteiger partial charge in [0, 0.05) is 10.9 Å². The summed E-state index contributed by atoms with van der Waals surface area (Å²) >= 11 is 3.48. The average Bonchev–Trinajstić information content (AvgIpc) is 2.36. The lowest BCUT2D eigenvalue weighted by Gasteiger charge is -2.15. The van der Waals surface area contributed by atoms with Crippen molar-refractivity contribution in [2.45, 2.75) is 26.4 Å². The molecule has 0 spiro atoms. The highest BCUT2D eigenvalue weighted by Gasteiger charge is 2.13. The molecular weight excluding hydrogens is 307 g/mol. The van der Waals surface area contributed by atoms with Gasteiger partial charge in [-0.2, -0.15) is 0 Å². The quantitative estimate of drug-likeness (QED) is 0.883. The van der Waals surface area contributed by atoms with Gasteiger partial charge in [0.25, 0.3) is 0 Å². The third-order valence-corrected chi connectivity index (χ3v) is 4.10. The summed E-state index contributed by atoms with van der Waals surface area (Å²) in [4.78, 5) is 0. The molecule has 3 heteroatoms. The van der Waals surface area contributed by atoms with Crippen molar-refractivity contribution in [3.63, 3.8) is 0 Å². The number of hydrogen-bond acceptors (Lipinski definition) is 1. The maximum atomic E-state index is 12.8. The lowest BCUT2D eigenvalue weighted by atomic mass is 9.96. The van der Waals surface area contributed by atoms with Crippen LogP contribution in [0, 0.1) is 19.7 Å². The van der Waals surface area contributed by atoms with Crippen molar-refractivity contribution in [2.24, 2.45) is 0 Å². The molecule has 1 unspecified atom stereocenters. The lowest BCUT2D eigenvalue weighted by molar-refractivity contribution is 0.177. The van der Waals surface area contributed by atoms with E-state index in [0.717, 1.165) is 26.7 Å². The fraction of sp³-hybridized carbons (Fsp3) is 0.250. The van der Waals surface area contributed by atoms with Gasteiger partial charge in [0.15, 0.2) is 0 Å². The van der Waals surface area contributed by atoms with E-state index in [0.29, 0.717) is 6.42 Å². The summed E-state index contributed by atoms with van der Waals surface area (Å²) in [5.74, 6) is -0.256. The Kier molecular flexibility index (Phi) is 4.38. The molecule has 0 radical (unpaired) electrons. The van der Waals surface area contributed by atoms with Crippen LogP contribution in [0.15, 0.2) is 40.9 Å². The zero-order chi connectivity index (χ0) is 14.0. The van der Waals surface area contributed by atoms with E-state index in [1.807, 2.05) is 26.0 Å². The van der Waals surface area contributed by atoms with Crippen LogP contribution < -0.4 is 0 Å². The number of benzene rings is 2. The Balaban J connectivity index is 2.22. The maximum Gasteiger partial charge on any atom is 0.123 e. The van der Waals surface area contributed by atoms with Gasteiger partial charge in [-0.1, -0.05) is 34.1 Å². The molecule has 2 aromatic rings. The number of aryl methyl sites for hydroxylation is 2. The molecule has 19 heavy (non-hydrogen) atoms. The Morgan fingerprint density at radius 2 is 1.74 bits per heavy atom. The molecule has 1 N–H and O–H groups in total. The van der Waals surface area contributed by atoms with Crippen LogP contribution in [0.5, 0.6) is 0 Å². The van der Waals surface area contributed by atoms with Gasteiger partial charge in [0.05, 0.1) is 6.10 Å². The molecule has 0 aliphatic rings. The highest BCUT2D eigenvalue weighted by molar-refractivity contribution is 9.10. The fourth-order valence-corrected chi connectivity index (χ4v) is 2.57. The molecule has 0 saturated heterocycles. The summed E-state index contributed by atoms with van der Waals surface area (Å²) in [6.45, 7) is 3.98. The minimum absolute atomic E-state index is 0.256. The second-order valence-electron chi connectivity index (χ2n) is 4.80. The number of halogens is 2. The third kappa shape index (κ3) is 3.43. The molecule has 2 aromatic carbocycles. The van der Waals surface area contributed by atoms with Crippen molar-refractivity contribution in [3.8, 4) is 0 Å². The number of hydrogen-bond donors (Lipinski definition) is 1. The largest absolute Gasteiger partial charge is 0.388 e. The first-order valence-corrected chi connectivity index (χ1v) is 6.96. The van der Waals surface area contributed by atoms with Gasteiger partial charge in [0.2, 0.25) is 0 Å². The minimum atomic E-state index is -0.572. The van der Waals surface area contributed by atoms with Gasteiger partial charge in [-0.3, -0.25) is 0 Å². The normalized spacial score (nSPS) is 12.5. The zero-order valence-corrected chi connectivity index (χ0v) is 12.5. The van der Waals surface area contributed by atoms with Crippen molar-refractivity contribution in [1.82, 2.24) is 0 Å². The molecule has 0 bridgehead atoms. The van der Waals surface area contributed by atoms with E-state index in [-0.39, 0.29) is 5.82 Å². The van der Waals surface area contributed by atoms with Gasteiger partial charge in [-0.05, 0) is 54.3 Å². The summed E-state index contributed by atoms with van der Waals surface area (Å²) in [6.07, 6.45) is -0.0837. The molecule has 0 amide bonds. The van der Waals surface area contributed by atoms with Crippen molar-refractivity contribution >= 4 is 15.9 Å². The predicted octanol–water partition coefficient (Wildman–Crippen LogP) is 4.48. The van der Waals surface area contributed by atoms with Gasteiger partial charge < -0.3 is 5.11 Å². The Hall–Kier alpha value is -1.19. The molecule has 0 aliphatic heterocycles. The standard InChI is InChI=1S/C16H16BrFO/c1-10-8-15(17)11(2)7-14(10)16(19)9-12-3-5-13(18)6-4-12/h3-8,16,19H,9H2,1-2H3. The van der Waals surface area contributed by atoms with Gasteiger partial charge in [-0.25, -0.2) is 4.39 Å². The SMILES string of the molecule is Cc1cc(C(O)Cc2ccc(F)cc2)c(C)cc1Br. The van der Waals surface area contributed by atoms with Crippen LogP contribution in [0.3, 0.4) is 0 Å². The smallest absolute Gasteiger partial charge is 0.123 e. The Morgan fingerprint density at radius 1 is 1.11 bits per heavy atom. The molecule has 1 atom stereocenters. The second-order valence-corrected chi connectivity index (χ2v) is 5.66. The number of aliphatic hydroxyl groups excluding tert-OH is 1. The van der Waals surface area contributed by atoms with E-state index in [1.54, 1.807) is 12.1 Å². The van der Waals surface area contributed by atoms with Crippen LogP contribution in [-0.2, 0) is 6.42 Å². The molecule has 0 saturated carbocycles.